The molecular weight excluding hydrogens is 281 g/mol. The standard InChI is InChI=1S/C16H20FN5/c1-8-4-5-11-6-7-12(13(11)9(8)2)19-16-21-14(10(3)17)20-15(18)22-16/h4-5,10,12H,6-7H2,1-3H3,(H3,18,19,20,21,22). The van der Waals surface area contributed by atoms with Gasteiger partial charge in [0, 0.05) is 0 Å². The Kier molecular flexibility index (Phi) is 3.68. The topological polar surface area (TPSA) is 76.7 Å². The van der Waals surface area contributed by atoms with E-state index >= 15 is 0 Å². The number of nitrogen functional groups attached to an aromatic ring is 1. The fourth-order valence-electron chi connectivity index (χ4n) is 2.99. The summed E-state index contributed by atoms with van der Waals surface area (Å²) in [7, 11) is 0. The van der Waals surface area contributed by atoms with Gasteiger partial charge in [0.15, 0.2) is 12.0 Å². The molecule has 2 atom stereocenters. The van der Waals surface area contributed by atoms with Crippen LogP contribution in [0.15, 0.2) is 12.1 Å². The summed E-state index contributed by atoms with van der Waals surface area (Å²) in [5.41, 5.74) is 10.9. The van der Waals surface area contributed by atoms with E-state index in [1.807, 2.05) is 0 Å². The van der Waals surface area contributed by atoms with Crippen molar-refractivity contribution in [2.24, 2.45) is 0 Å². The Hall–Kier alpha value is -2.24. The van der Waals surface area contributed by atoms with Crippen molar-refractivity contribution in [2.75, 3.05) is 11.1 Å². The van der Waals surface area contributed by atoms with Gasteiger partial charge in [-0.05, 0) is 55.9 Å². The molecule has 0 saturated carbocycles. The highest BCUT2D eigenvalue weighted by Crippen LogP contribution is 2.36. The zero-order valence-corrected chi connectivity index (χ0v) is 13.0. The highest BCUT2D eigenvalue weighted by Gasteiger charge is 2.26. The number of alkyl halides is 1. The normalized spacial score (nSPS) is 18.1. The number of benzene rings is 1. The first-order chi connectivity index (χ1) is 10.5. The van der Waals surface area contributed by atoms with Crippen molar-refractivity contribution in [3.63, 3.8) is 0 Å². The first-order valence-electron chi connectivity index (χ1n) is 7.46. The lowest BCUT2D eigenvalue weighted by molar-refractivity contribution is 0.356. The second-order valence-corrected chi connectivity index (χ2v) is 5.81. The molecule has 1 aromatic carbocycles. The Balaban J connectivity index is 1.92. The van der Waals surface area contributed by atoms with Crippen LogP contribution in [-0.4, -0.2) is 15.0 Å². The highest BCUT2D eigenvalue weighted by atomic mass is 19.1. The maximum Gasteiger partial charge on any atom is 0.228 e. The Bertz CT molecular complexity index is 714. The molecule has 1 aliphatic carbocycles. The van der Waals surface area contributed by atoms with E-state index in [1.165, 1.54) is 29.2 Å². The number of anilines is 2. The Morgan fingerprint density at radius 1 is 1.27 bits per heavy atom. The average Bonchev–Trinajstić information content (AvgIpc) is 2.86. The van der Waals surface area contributed by atoms with Crippen LogP contribution >= 0.6 is 0 Å². The lowest BCUT2D eigenvalue weighted by Crippen LogP contribution is -2.14. The number of nitrogens with one attached hydrogen (secondary N) is 1. The molecule has 22 heavy (non-hydrogen) atoms. The van der Waals surface area contributed by atoms with Crippen LogP contribution in [0.5, 0.6) is 0 Å². The fraction of sp³-hybridized carbons (Fsp3) is 0.438. The van der Waals surface area contributed by atoms with E-state index in [9.17, 15) is 4.39 Å². The van der Waals surface area contributed by atoms with E-state index in [4.69, 9.17) is 5.73 Å². The highest BCUT2D eigenvalue weighted by molar-refractivity contribution is 5.48. The molecule has 0 saturated heterocycles. The molecule has 3 rings (SSSR count). The predicted octanol–water partition coefficient (Wildman–Crippen LogP) is 3.20. The van der Waals surface area contributed by atoms with E-state index in [0.717, 1.165) is 12.8 Å². The van der Waals surface area contributed by atoms with Gasteiger partial charge in [-0.25, -0.2) is 4.39 Å². The molecule has 1 aromatic heterocycles. The van der Waals surface area contributed by atoms with Gasteiger partial charge in [0.2, 0.25) is 11.9 Å². The number of rotatable bonds is 3. The molecule has 5 nitrogen and oxygen atoms in total. The summed E-state index contributed by atoms with van der Waals surface area (Å²) in [5.74, 6) is 0.441. The van der Waals surface area contributed by atoms with Gasteiger partial charge in [-0.3, -0.25) is 0 Å². The van der Waals surface area contributed by atoms with Crippen LogP contribution in [0.3, 0.4) is 0 Å². The van der Waals surface area contributed by atoms with Gasteiger partial charge < -0.3 is 11.1 Å². The van der Waals surface area contributed by atoms with E-state index < -0.39 is 6.17 Å². The van der Waals surface area contributed by atoms with Crippen molar-refractivity contribution in [3.05, 3.63) is 40.2 Å². The molecule has 0 spiro atoms. The lowest BCUT2D eigenvalue weighted by Gasteiger charge is -2.18. The zero-order valence-electron chi connectivity index (χ0n) is 13.0. The minimum Gasteiger partial charge on any atom is -0.368 e. The van der Waals surface area contributed by atoms with Gasteiger partial charge in [0.05, 0.1) is 6.04 Å². The van der Waals surface area contributed by atoms with Gasteiger partial charge in [0.25, 0.3) is 0 Å². The first kappa shape index (κ1) is 14.7. The quantitative estimate of drug-likeness (QED) is 0.910. The molecule has 0 bridgehead atoms. The molecule has 116 valence electrons. The van der Waals surface area contributed by atoms with Crippen molar-refractivity contribution in [2.45, 2.75) is 45.8 Å². The minimum absolute atomic E-state index is 0.0381. The maximum atomic E-state index is 13.4. The van der Waals surface area contributed by atoms with Gasteiger partial charge in [-0.1, -0.05) is 12.1 Å². The molecule has 2 aromatic rings. The van der Waals surface area contributed by atoms with E-state index in [2.05, 4.69) is 46.2 Å². The Morgan fingerprint density at radius 2 is 2.05 bits per heavy atom. The fourth-order valence-corrected chi connectivity index (χ4v) is 2.99. The summed E-state index contributed by atoms with van der Waals surface area (Å²) in [4.78, 5) is 12.0. The smallest absolute Gasteiger partial charge is 0.228 e. The zero-order chi connectivity index (χ0) is 15.9. The summed E-state index contributed by atoms with van der Waals surface area (Å²) in [6.45, 7) is 5.62. The number of aromatic nitrogens is 3. The van der Waals surface area contributed by atoms with Crippen LogP contribution in [0, 0.1) is 13.8 Å². The minimum atomic E-state index is -1.27. The number of hydrogen-bond acceptors (Lipinski definition) is 5. The molecule has 0 amide bonds. The van der Waals surface area contributed by atoms with Crippen LogP contribution < -0.4 is 11.1 Å². The molecule has 3 N–H and O–H groups in total. The van der Waals surface area contributed by atoms with Crippen LogP contribution in [0.2, 0.25) is 0 Å². The third kappa shape index (κ3) is 2.61. The van der Waals surface area contributed by atoms with E-state index in [0.29, 0.717) is 5.95 Å². The van der Waals surface area contributed by atoms with Crippen molar-refractivity contribution < 1.29 is 4.39 Å². The molecule has 1 aliphatic rings. The molecule has 0 aliphatic heterocycles. The summed E-state index contributed by atoms with van der Waals surface area (Å²) in [6, 6.07) is 4.45. The molecule has 0 fully saturated rings. The summed E-state index contributed by atoms with van der Waals surface area (Å²) < 4.78 is 13.4. The summed E-state index contributed by atoms with van der Waals surface area (Å²) in [6.07, 6.45) is 0.706. The number of hydrogen-bond donors (Lipinski definition) is 2. The number of nitrogens with two attached hydrogens (primary N) is 1. The molecule has 2 unspecified atom stereocenters. The van der Waals surface area contributed by atoms with Gasteiger partial charge >= 0.3 is 0 Å². The molecule has 0 radical (unpaired) electrons. The van der Waals surface area contributed by atoms with Crippen molar-refractivity contribution in [1.29, 1.82) is 0 Å². The Labute approximate surface area is 129 Å². The largest absolute Gasteiger partial charge is 0.368 e. The average molecular weight is 301 g/mol. The third-order valence-electron chi connectivity index (χ3n) is 4.26. The summed E-state index contributed by atoms with van der Waals surface area (Å²) >= 11 is 0. The number of fused-ring (bicyclic) bond motifs is 1. The SMILES string of the molecule is Cc1ccc2c(c1C)C(Nc1nc(N)nc(C(C)F)n1)CC2. The maximum absolute atomic E-state index is 13.4. The van der Waals surface area contributed by atoms with Gasteiger partial charge in [0.1, 0.15) is 0 Å². The van der Waals surface area contributed by atoms with Crippen molar-refractivity contribution in [3.8, 4) is 0 Å². The van der Waals surface area contributed by atoms with Crippen molar-refractivity contribution in [1.82, 2.24) is 15.0 Å². The number of halogens is 1. The Morgan fingerprint density at radius 3 is 2.77 bits per heavy atom. The van der Waals surface area contributed by atoms with Crippen LogP contribution in [0.4, 0.5) is 16.3 Å². The molecular formula is C16H20FN5. The first-order valence-corrected chi connectivity index (χ1v) is 7.46. The third-order valence-corrected chi connectivity index (χ3v) is 4.26. The number of nitrogens with zero attached hydrogens (tertiary/aromatic N) is 3. The second kappa shape index (κ2) is 5.51. The van der Waals surface area contributed by atoms with Gasteiger partial charge in [-0.2, -0.15) is 15.0 Å². The predicted molar refractivity (Wildman–Crippen MR) is 84.4 cm³/mol. The van der Waals surface area contributed by atoms with E-state index in [1.54, 1.807) is 0 Å². The van der Waals surface area contributed by atoms with E-state index in [-0.39, 0.29) is 17.8 Å². The van der Waals surface area contributed by atoms with Crippen LogP contribution in [0.25, 0.3) is 0 Å². The van der Waals surface area contributed by atoms with Gasteiger partial charge in [-0.15, -0.1) is 0 Å². The number of aryl methyl sites for hydroxylation is 2. The van der Waals surface area contributed by atoms with Crippen LogP contribution in [-0.2, 0) is 6.42 Å². The van der Waals surface area contributed by atoms with Crippen LogP contribution in [0.1, 0.15) is 53.6 Å². The van der Waals surface area contributed by atoms with Crippen molar-refractivity contribution >= 4 is 11.9 Å². The monoisotopic (exact) mass is 301 g/mol. The molecule has 6 heteroatoms. The lowest BCUT2D eigenvalue weighted by atomic mass is 9.98. The summed E-state index contributed by atoms with van der Waals surface area (Å²) in [5, 5.41) is 3.29. The molecule has 1 heterocycles. The second-order valence-electron chi connectivity index (χ2n) is 5.81.